The first-order chi connectivity index (χ1) is 9.30. The lowest BCUT2D eigenvalue weighted by Crippen LogP contribution is -2.40. The van der Waals surface area contributed by atoms with Gasteiger partial charge in [-0.15, -0.1) is 0 Å². The number of aliphatic hydroxyl groups excluding tert-OH is 1. The second-order valence-electron chi connectivity index (χ2n) is 5.30. The Bertz CT molecular complexity index is 355. The summed E-state index contributed by atoms with van der Waals surface area (Å²) in [6.45, 7) is 9.43. The highest BCUT2D eigenvalue weighted by Gasteiger charge is 2.44. The molecule has 0 aromatic heterocycles. The van der Waals surface area contributed by atoms with E-state index in [0.717, 1.165) is 0 Å². The lowest BCUT2D eigenvalue weighted by Gasteiger charge is -2.21. The molecule has 0 spiro atoms. The number of carbonyl (C=O) groups is 1. The van der Waals surface area contributed by atoms with Crippen LogP contribution >= 0.6 is 0 Å². The van der Waals surface area contributed by atoms with Gasteiger partial charge in [-0.05, 0) is 33.6 Å². The van der Waals surface area contributed by atoms with Gasteiger partial charge in [0.05, 0.1) is 18.8 Å². The molecule has 1 heterocycles. The molecule has 1 saturated heterocycles. The molecule has 0 amide bonds. The maximum Gasteiger partial charge on any atom is 0.333 e. The third-order valence-electron chi connectivity index (χ3n) is 3.14. The average molecular weight is 287 g/mol. The molecule has 20 heavy (non-hydrogen) atoms. The quantitative estimate of drug-likeness (QED) is 0.530. The number of rotatable bonds is 7. The Balaban J connectivity index is 2.56. The van der Waals surface area contributed by atoms with Crippen molar-refractivity contribution in [2.24, 2.45) is 5.73 Å². The first kappa shape index (κ1) is 17.1. The first-order valence-electron chi connectivity index (χ1n) is 6.89. The number of esters is 1. The molecule has 0 aromatic rings. The molecular formula is C14H25NO5. The number of aliphatic hydroxyl groups is 1. The first-order valence-corrected chi connectivity index (χ1v) is 6.89. The van der Waals surface area contributed by atoms with Gasteiger partial charge in [0.2, 0.25) is 0 Å². The van der Waals surface area contributed by atoms with Crippen molar-refractivity contribution in [2.75, 3.05) is 13.2 Å². The fourth-order valence-electron chi connectivity index (χ4n) is 2.20. The second kappa shape index (κ2) is 7.17. The highest BCUT2D eigenvalue weighted by molar-refractivity contribution is 5.87. The maximum atomic E-state index is 11.5. The third kappa shape index (κ3) is 4.56. The van der Waals surface area contributed by atoms with Gasteiger partial charge in [-0.25, -0.2) is 4.79 Å². The second-order valence-corrected chi connectivity index (χ2v) is 5.30. The van der Waals surface area contributed by atoms with Gasteiger partial charge in [-0.3, -0.25) is 0 Å². The van der Waals surface area contributed by atoms with Crippen LogP contribution < -0.4 is 5.73 Å². The predicted octanol–water partition coefficient (Wildman–Crippen LogP) is 0.726. The van der Waals surface area contributed by atoms with Crippen molar-refractivity contribution >= 4 is 5.97 Å². The van der Waals surface area contributed by atoms with Gasteiger partial charge in [-0.1, -0.05) is 6.58 Å². The minimum Gasteiger partial charge on any atom is -0.463 e. The van der Waals surface area contributed by atoms with Crippen molar-refractivity contribution in [3.05, 3.63) is 12.2 Å². The fourth-order valence-corrected chi connectivity index (χ4v) is 2.20. The Morgan fingerprint density at radius 2 is 2.15 bits per heavy atom. The monoisotopic (exact) mass is 287 g/mol. The largest absolute Gasteiger partial charge is 0.463 e. The van der Waals surface area contributed by atoms with Crippen LogP contribution in [0, 0.1) is 0 Å². The van der Waals surface area contributed by atoms with Crippen molar-refractivity contribution in [1.82, 2.24) is 0 Å². The van der Waals surface area contributed by atoms with E-state index in [1.54, 1.807) is 20.8 Å². The van der Waals surface area contributed by atoms with Gasteiger partial charge in [0, 0.05) is 12.1 Å². The van der Waals surface area contributed by atoms with Gasteiger partial charge < -0.3 is 25.1 Å². The summed E-state index contributed by atoms with van der Waals surface area (Å²) in [4.78, 5) is 11.5. The molecule has 116 valence electrons. The molecule has 1 aliphatic heterocycles. The van der Waals surface area contributed by atoms with Crippen LogP contribution in [0.1, 0.15) is 33.6 Å². The third-order valence-corrected chi connectivity index (χ3v) is 3.14. The highest BCUT2D eigenvalue weighted by atomic mass is 16.8. The summed E-state index contributed by atoms with van der Waals surface area (Å²) in [5, 5.41) is 9.87. The molecule has 6 nitrogen and oxygen atoms in total. The Hall–Kier alpha value is -0.950. The molecule has 6 heteroatoms. The van der Waals surface area contributed by atoms with E-state index in [1.165, 1.54) is 0 Å². The molecule has 0 aromatic carbocycles. The molecule has 3 N–H and O–H groups in total. The molecule has 0 aliphatic carbocycles. The van der Waals surface area contributed by atoms with Crippen LogP contribution in [0.3, 0.4) is 0 Å². The average Bonchev–Trinajstić information content (AvgIpc) is 2.70. The van der Waals surface area contributed by atoms with Gasteiger partial charge in [0.25, 0.3) is 0 Å². The Morgan fingerprint density at radius 3 is 2.70 bits per heavy atom. The number of ether oxygens (including phenoxy) is 3. The molecule has 1 fully saturated rings. The van der Waals surface area contributed by atoms with Crippen molar-refractivity contribution in [2.45, 2.75) is 57.7 Å². The molecule has 0 saturated carbocycles. The Morgan fingerprint density at radius 1 is 1.50 bits per heavy atom. The van der Waals surface area contributed by atoms with Gasteiger partial charge >= 0.3 is 5.97 Å². The Labute approximate surface area is 119 Å². The molecule has 1 aliphatic rings. The zero-order valence-electron chi connectivity index (χ0n) is 12.4. The van der Waals surface area contributed by atoms with Crippen LogP contribution in [0.5, 0.6) is 0 Å². The van der Waals surface area contributed by atoms with Gasteiger partial charge in [0.1, 0.15) is 6.10 Å². The van der Waals surface area contributed by atoms with E-state index >= 15 is 0 Å². The van der Waals surface area contributed by atoms with Crippen molar-refractivity contribution in [1.29, 1.82) is 0 Å². The van der Waals surface area contributed by atoms with Crippen LogP contribution in [0.25, 0.3) is 0 Å². The van der Waals surface area contributed by atoms with Gasteiger partial charge in [-0.2, -0.15) is 0 Å². The standard InChI is InChI=1S/C14H25NO5/c1-5-18-13(17)9(2)6-7-11-12(10(16)8-15)20-14(3,4)19-11/h10-12,16H,2,5-8,15H2,1,3-4H3/t10-,11?,12-/m1/s1. The van der Waals surface area contributed by atoms with E-state index in [1.807, 2.05) is 0 Å². The predicted molar refractivity (Wildman–Crippen MR) is 73.9 cm³/mol. The van der Waals surface area contributed by atoms with Crippen LogP contribution in [-0.4, -0.2) is 48.3 Å². The Kier molecular flexibility index (Phi) is 6.13. The van der Waals surface area contributed by atoms with E-state index in [0.29, 0.717) is 25.0 Å². The molecule has 3 atom stereocenters. The summed E-state index contributed by atoms with van der Waals surface area (Å²) < 4.78 is 16.3. The maximum absolute atomic E-state index is 11.5. The van der Waals surface area contributed by atoms with Crippen molar-refractivity contribution in [3.8, 4) is 0 Å². The zero-order chi connectivity index (χ0) is 15.3. The van der Waals surface area contributed by atoms with E-state index in [9.17, 15) is 9.90 Å². The minimum atomic E-state index is -0.794. The number of carbonyl (C=O) groups excluding carboxylic acids is 1. The fraction of sp³-hybridized carbons (Fsp3) is 0.786. The highest BCUT2D eigenvalue weighted by Crippen LogP contribution is 2.32. The number of hydrogen-bond donors (Lipinski definition) is 2. The lowest BCUT2D eigenvalue weighted by atomic mass is 10.0. The van der Waals surface area contributed by atoms with E-state index in [-0.39, 0.29) is 12.6 Å². The van der Waals surface area contributed by atoms with E-state index in [4.69, 9.17) is 19.9 Å². The number of nitrogens with two attached hydrogens (primary N) is 1. The summed E-state index contributed by atoms with van der Waals surface area (Å²) in [7, 11) is 0. The topological polar surface area (TPSA) is 91.0 Å². The normalized spacial score (nSPS) is 26.2. The molecular weight excluding hydrogens is 262 g/mol. The smallest absolute Gasteiger partial charge is 0.333 e. The molecule has 0 radical (unpaired) electrons. The SMILES string of the molecule is C=C(CCC1OC(C)(C)O[C@@H]1[C@H](O)CN)C(=O)OCC. The molecule has 0 bridgehead atoms. The summed E-state index contributed by atoms with van der Waals surface area (Å²) in [5.74, 6) is -1.17. The van der Waals surface area contributed by atoms with Crippen LogP contribution in [0.15, 0.2) is 12.2 Å². The molecule has 1 unspecified atom stereocenters. The summed E-state index contributed by atoms with van der Waals surface area (Å²) in [6, 6.07) is 0. The van der Waals surface area contributed by atoms with Gasteiger partial charge in [0.15, 0.2) is 5.79 Å². The van der Waals surface area contributed by atoms with E-state index < -0.39 is 24.0 Å². The van der Waals surface area contributed by atoms with Crippen LogP contribution in [-0.2, 0) is 19.0 Å². The summed E-state index contributed by atoms with van der Waals surface area (Å²) >= 11 is 0. The summed E-state index contributed by atoms with van der Waals surface area (Å²) in [6.07, 6.45) is -0.670. The zero-order valence-corrected chi connectivity index (χ0v) is 12.4. The van der Waals surface area contributed by atoms with E-state index in [2.05, 4.69) is 6.58 Å². The van der Waals surface area contributed by atoms with Crippen molar-refractivity contribution < 1.29 is 24.1 Å². The minimum absolute atomic E-state index is 0.0967. The lowest BCUT2D eigenvalue weighted by molar-refractivity contribution is -0.154. The molecule has 1 rings (SSSR count). The van der Waals surface area contributed by atoms with Crippen LogP contribution in [0.2, 0.25) is 0 Å². The van der Waals surface area contributed by atoms with Crippen LogP contribution in [0.4, 0.5) is 0 Å². The number of hydrogen-bond acceptors (Lipinski definition) is 6. The summed E-state index contributed by atoms with van der Waals surface area (Å²) in [5.41, 5.74) is 5.86. The van der Waals surface area contributed by atoms with Crippen molar-refractivity contribution in [3.63, 3.8) is 0 Å².